The molecule has 0 N–H and O–H groups in total. The molecule has 0 amide bonds. The van der Waals surface area contributed by atoms with E-state index in [2.05, 4.69) is 0 Å². The summed E-state index contributed by atoms with van der Waals surface area (Å²) in [5.41, 5.74) is 0. The smallest absolute Gasteiger partial charge is 0.310 e. The summed E-state index contributed by atoms with van der Waals surface area (Å²) >= 11 is 5.29. The first-order valence-corrected chi connectivity index (χ1v) is 4.81. The summed E-state index contributed by atoms with van der Waals surface area (Å²) in [6.45, 7) is 1.92. The third kappa shape index (κ3) is 2.32. The van der Waals surface area contributed by atoms with Crippen LogP contribution in [-0.4, -0.2) is 23.6 Å². The number of hydrogen-bond donors (Lipinski definition) is 0. The van der Waals surface area contributed by atoms with Crippen molar-refractivity contribution >= 4 is 28.6 Å². The molecule has 0 aromatic carbocycles. The van der Waals surface area contributed by atoms with E-state index in [0.29, 0.717) is 0 Å². The second-order valence-corrected chi connectivity index (χ2v) is 3.59. The highest BCUT2D eigenvalue weighted by molar-refractivity contribution is 6.64. The first-order chi connectivity index (χ1) is 6.56. The average Bonchev–Trinajstić information content (AvgIpc) is 2.48. The monoisotopic (exact) mass is 218 g/mol. The fourth-order valence-electron chi connectivity index (χ4n) is 1.59. The zero-order valence-corrected chi connectivity index (χ0v) is 8.54. The molecular weight excluding hydrogens is 208 g/mol. The van der Waals surface area contributed by atoms with Crippen LogP contribution in [0.3, 0.4) is 0 Å². The van der Waals surface area contributed by atoms with Crippen LogP contribution >= 0.6 is 11.6 Å². The SMILES string of the molecule is CCOC(=O)[C@@H]1CC(=O)C[C@H]1C(=O)Cl. The Balaban J connectivity index is 2.71. The van der Waals surface area contributed by atoms with Gasteiger partial charge in [0.2, 0.25) is 5.24 Å². The van der Waals surface area contributed by atoms with E-state index in [1.807, 2.05) is 0 Å². The third-order valence-electron chi connectivity index (χ3n) is 2.26. The summed E-state index contributed by atoms with van der Waals surface area (Å²) in [7, 11) is 0. The van der Waals surface area contributed by atoms with E-state index in [-0.39, 0.29) is 25.2 Å². The van der Waals surface area contributed by atoms with Gasteiger partial charge < -0.3 is 4.74 Å². The maximum Gasteiger partial charge on any atom is 0.310 e. The van der Waals surface area contributed by atoms with Gasteiger partial charge in [-0.1, -0.05) is 0 Å². The number of carbonyl (C=O) groups excluding carboxylic acids is 3. The number of esters is 1. The van der Waals surface area contributed by atoms with Crippen molar-refractivity contribution in [2.45, 2.75) is 19.8 Å². The van der Waals surface area contributed by atoms with E-state index < -0.39 is 23.0 Å². The topological polar surface area (TPSA) is 60.4 Å². The molecule has 0 radical (unpaired) electrons. The van der Waals surface area contributed by atoms with Gasteiger partial charge in [-0.3, -0.25) is 14.4 Å². The van der Waals surface area contributed by atoms with Crippen molar-refractivity contribution < 1.29 is 19.1 Å². The lowest BCUT2D eigenvalue weighted by Gasteiger charge is -2.12. The normalized spacial score (nSPS) is 26.3. The quantitative estimate of drug-likeness (QED) is 0.522. The first kappa shape index (κ1) is 11.2. The Morgan fingerprint density at radius 2 is 2.00 bits per heavy atom. The molecule has 1 fully saturated rings. The molecule has 5 heteroatoms. The molecule has 1 aliphatic rings. The minimum Gasteiger partial charge on any atom is -0.466 e. The molecule has 4 nitrogen and oxygen atoms in total. The molecule has 14 heavy (non-hydrogen) atoms. The molecule has 0 aromatic rings. The van der Waals surface area contributed by atoms with Crippen LogP contribution in [0.2, 0.25) is 0 Å². The zero-order chi connectivity index (χ0) is 10.7. The Morgan fingerprint density at radius 1 is 1.43 bits per heavy atom. The predicted octanol–water partition coefficient (Wildman–Crippen LogP) is 0.910. The van der Waals surface area contributed by atoms with E-state index in [1.165, 1.54) is 0 Å². The molecule has 1 aliphatic carbocycles. The fraction of sp³-hybridized carbons (Fsp3) is 0.667. The summed E-state index contributed by atoms with van der Waals surface area (Å²) < 4.78 is 4.75. The minimum absolute atomic E-state index is 0.0613. The molecule has 0 heterocycles. The van der Waals surface area contributed by atoms with Crippen molar-refractivity contribution in [1.82, 2.24) is 0 Å². The predicted molar refractivity (Wildman–Crippen MR) is 48.7 cm³/mol. The van der Waals surface area contributed by atoms with E-state index in [4.69, 9.17) is 16.3 Å². The Morgan fingerprint density at radius 3 is 2.50 bits per heavy atom. The van der Waals surface area contributed by atoms with Gasteiger partial charge in [0, 0.05) is 12.8 Å². The number of Topliss-reactive ketones (excluding diaryl/α,β-unsaturated/α-hetero) is 1. The van der Waals surface area contributed by atoms with Crippen molar-refractivity contribution in [3.63, 3.8) is 0 Å². The summed E-state index contributed by atoms with van der Waals surface area (Å²) in [4.78, 5) is 33.3. The van der Waals surface area contributed by atoms with Crippen molar-refractivity contribution in [1.29, 1.82) is 0 Å². The molecule has 78 valence electrons. The third-order valence-corrected chi connectivity index (χ3v) is 2.54. The van der Waals surface area contributed by atoms with Crippen molar-refractivity contribution in [2.24, 2.45) is 11.8 Å². The van der Waals surface area contributed by atoms with E-state index in [0.717, 1.165) is 0 Å². The molecule has 0 bridgehead atoms. The Hall–Kier alpha value is -0.900. The van der Waals surface area contributed by atoms with E-state index in [9.17, 15) is 14.4 Å². The van der Waals surface area contributed by atoms with E-state index in [1.54, 1.807) is 6.92 Å². The second-order valence-electron chi connectivity index (χ2n) is 3.22. The summed E-state index contributed by atoms with van der Waals surface area (Å²) in [6, 6.07) is 0. The molecule has 0 spiro atoms. The average molecular weight is 219 g/mol. The lowest BCUT2D eigenvalue weighted by molar-refractivity contribution is -0.150. The molecule has 0 saturated heterocycles. The van der Waals surface area contributed by atoms with Crippen LogP contribution in [0.4, 0.5) is 0 Å². The lowest BCUT2D eigenvalue weighted by atomic mass is 9.98. The molecule has 1 saturated carbocycles. The van der Waals surface area contributed by atoms with Crippen molar-refractivity contribution in [3.8, 4) is 0 Å². The van der Waals surface area contributed by atoms with Crippen molar-refractivity contribution in [3.05, 3.63) is 0 Å². The maximum atomic E-state index is 11.3. The van der Waals surface area contributed by atoms with Gasteiger partial charge in [-0.15, -0.1) is 0 Å². The fourth-order valence-corrected chi connectivity index (χ4v) is 1.82. The largest absolute Gasteiger partial charge is 0.466 e. The number of ketones is 1. The molecule has 0 aromatic heterocycles. The van der Waals surface area contributed by atoms with Crippen LogP contribution in [0.5, 0.6) is 0 Å². The molecule has 2 atom stereocenters. The van der Waals surface area contributed by atoms with Gasteiger partial charge in [-0.2, -0.15) is 0 Å². The lowest BCUT2D eigenvalue weighted by Crippen LogP contribution is -2.24. The Bertz CT molecular complexity index is 274. The van der Waals surface area contributed by atoms with Crippen LogP contribution < -0.4 is 0 Å². The van der Waals surface area contributed by atoms with Gasteiger partial charge in [-0.25, -0.2) is 0 Å². The van der Waals surface area contributed by atoms with Crippen LogP contribution in [-0.2, 0) is 19.1 Å². The number of hydrogen-bond acceptors (Lipinski definition) is 4. The standard InChI is InChI=1S/C9H11ClO4/c1-2-14-9(13)7-4-5(11)3-6(7)8(10)12/h6-7H,2-4H2,1H3/t6-,7-/m1/s1. The molecule has 0 aliphatic heterocycles. The summed E-state index contributed by atoms with van der Waals surface area (Å²) in [5, 5.41) is -0.631. The highest BCUT2D eigenvalue weighted by Crippen LogP contribution is 2.31. The van der Waals surface area contributed by atoms with Gasteiger partial charge in [0.05, 0.1) is 18.4 Å². The second kappa shape index (κ2) is 4.55. The summed E-state index contributed by atoms with van der Waals surface area (Å²) in [5.74, 6) is -1.98. The van der Waals surface area contributed by atoms with Gasteiger partial charge in [-0.05, 0) is 18.5 Å². The Labute approximate surface area is 86.6 Å². The zero-order valence-electron chi connectivity index (χ0n) is 7.79. The highest BCUT2D eigenvalue weighted by atomic mass is 35.5. The molecule has 0 unspecified atom stereocenters. The van der Waals surface area contributed by atoms with Crippen molar-refractivity contribution in [2.75, 3.05) is 6.61 Å². The minimum atomic E-state index is -0.691. The molecular formula is C9H11ClO4. The van der Waals surface area contributed by atoms with Crippen LogP contribution in [0.25, 0.3) is 0 Å². The van der Waals surface area contributed by atoms with Crippen LogP contribution in [0.15, 0.2) is 0 Å². The van der Waals surface area contributed by atoms with Gasteiger partial charge in [0.1, 0.15) is 5.78 Å². The van der Waals surface area contributed by atoms with Gasteiger partial charge >= 0.3 is 5.97 Å². The van der Waals surface area contributed by atoms with Crippen LogP contribution in [0, 0.1) is 11.8 Å². The van der Waals surface area contributed by atoms with Crippen LogP contribution in [0.1, 0.15) is 19.8 Å². The number of ether oxygens (including phenoxy) is 1. The number of rotatable bonds is 3. The number of carbonyl (C=O) groups is 3. The number of halogens is 1. The first-order valence-electron chi connectivity index (χ1n) is 4.44. The van der Waals surface area contributed by atoms with E-state index >= 15 is 0 Å². The summed E-state index contributed by atoms with van der Waals surface area (Å²) in [6.07, 6.45) is 0.133. The maximum absolute atomic E-state index is 11.3. The Kier molecular flexibility index (Phi) is 3.63. The van der Waals surface area contributed by atoms with Gasteiger partial charge in [0.25, 0.3) is 0 Å². The molecule has 1 rings (SSSR count). The highest BCUT2D eigenvalue weighted by Gasteiger charge is 2.42. The van der Waals surface area contributed by atoms with Gasteiger partial charge in [0.15, 0.2) is 0 Å².